The van der Waals surface area contributed by atoms with Gasteiger partial charge in [0.05, 0.1) is 32.0 Å². The maximum absolute atomic E-state index is 13.2. The summed E-state index contributed by atoms with van der Waals surface area (Å²) in [6.45, 7) is 2.63. The van der Waals surface area contributed by atoms with Crippen molar-refractivity contribution in [3.05, 3.63) is 122 Å². The molecule has 2 rings (SSSR count). The second-order valence-electron chi connectivity index (χ2n) is 19.7. The Bertz CT molecular complexity index is 1730. The molecule has 2 heterocycles. The van der Waals surface area contributed by atoms with Crippen molar-refractivity contribution in [2.75, 3.05) is 19.8 Å². The van der Waals surface area contributed by atoms with Crippen LogP contribution in [0.1, 0.15) is 168 Å². The van der Waals surface area contributed by atoms with Crippen LogP contribution in [0, 0.1) is 0 Å². The lowest BCUT2D eigenvalue weighted by Gasteiger charge is -2.46. The Morgan fingerprint density at radius 3 is 1.39 bits per heavy atom. The first-order chi connectivity index (χ1) is 37.1. The van der Waals surface area contributed by atoms with E-state index >= 15 is 0 Å². The van der Waals surface area contributed by atoms with Crippen molar-refractivity contribution in [3.63, 3.8) is 0 Å². The summed E-state index contributed by atoms with van der Waals surface area (Å²) < 4.78 is 22.7. The van der Waals surface area contributed by atoms with Gasteiger partial charge in [-0.25, -0.2) is 0 Å². The molecule has 432 valence electrons. The number of hydrogen-bond acceptors (Lipinski definition) is 13. The predicted molar refractivity (Wildman–Crippen MR) is 304 cm³/mol. The molecular weight excluding hydrogens is 967 g/mol. The lowest BCUT2D eigenvalue weighted by Crippen LogP contribution is -2.65. The van der Waals surface area contributed by atoms with Gasteiger partial charge in [0, 0.05) is 6.42 Å². The van der Waals surface area contributed by atoms with Gasteiger partial charge in [-0.15, -0.1) is 0 Å². The van der Waals surface area contributed by atoms with Crippen molar-refractivity contribution in [1.29, 1.82) is 0 Å². The first-order valence-corrected chi connectivity index (χ1v) is 28.8. The minimum atomic E-state index is -1.79. The van der Waals surface area contributed by atoms with Gasteiger partial charge >= 0.3 is 0 Å². The van der Waals surface area contributed by atoms with Crippen LogP contribution in [0.2, 0.25) is 0 Å². The van der Waals surface area contributed by atoms with Gasteiger partial charge in [0.15, 0.2) is 12.6 Å². The van der Waals surface area contributed by atoms with E-state index in [1.165, 1.54) is 12.8 Å². The Kier molecular flexibility index (Phi) is 41.7. The fourth-order valence-corrected chi connectivity index (χ4v) is 8.56. The Labute approximate surface area is 457 Å². The summed E-state index contributed by atoms with van der Waals surface area (Å²) in [5.74, 6) is -0.242. The van der Waals surface area contributed by atoms with Gasteiger partial charge in [-0.05, 0) is 89.9 Å². The molecule has 14 nitrogen and oxygen atoms in total. The molecule has 14 heteroatoms. The zero-order chi connectivity index (χ0) is 55.3. The van der Waals surface area contributed by atoms with E-state index in [1.807, 2.05) is 0 Å². The zero-order valence-electron chi connectivity index (χ0n) is 46.2. The Balaban J connectivity index is 1.64. The molecule has 12 unspecified atom stereocenters. The van der Waals surface area contributed by atoms with Gasteiger partial charge in [0.25, 0.3) is 0 Å². The maximum Gasteiger partial charge on any atom is 0.220 e. The van der Waals surface area contributed by atoms with E-state index in [-0.39, 0.29) is 18.9 Å². The molecule has 2 saturated heterocycles. The highest BCUT2D eigenvalue weighted by molar-refractivity contribution is 5.76. The molecule has 2 aliphatic heterocycles. The van der Waals surface area contributed by atoms with E-state index in [0.717, 1.165) is 122 Å². The molecule has 0 aromatic heterocycles. The van der Waals surface area contributed by atoms with Crippen LogP contribution in [-0.2, 0) is 23.7 Å². The summed E-state index contributed by atoms with van der Waals surface area (Å²) in [6, 6.07) is -0.848. The molecule has 0 aromatic rings. The fourth-order valence-electron chi connectivity index (χ4n) is 8.56. The number of carbonyl (C=O) groups excluding carboxylic acids is 1. The van der Waals surface area contributed by atoms with E-state index in [0.29, 0.717) is 12.8 Å². The van der Waals surface area contributed by atoms with Gasteiger partial charge in [-0.3, -0.25) is 4.79 Å². The van der Waals surface area contributed by atoms with E-state index in [9.17, 15) is 45.6 Å². The predicted octanol–water partition coefficient (Wildman–Crippen LogP) is 9.44. The highest BCUT2D eigenvalue weighted by Gasteiger charge is 2.51. The third kappa shape index (κ3) is 31.7. The molecule has 9 N–H and O–H groups in total. The number of carbonyl (C=O) groups is 1. The number of aliphatic hydroxyl groups excluding tert-OH is 8. The second-order valence-corrected chi connectivity index (χ2v) is 19.7. The van der Waals surface area contributed by atoms with Gasteiger partial charge in [0.2, 0.25) is 5.91 Å². The number of nitrogens with one attached hydrogen (secondary N) is 1. The molecule has 0 bridgehead atoms. The monoisotopic (exact) mass is 1070 g/mol. The summed E-state index contributed by atoms with van der Waals surface area (Å²) in [7, 11) is 0. The van der Waals surface area contributed by atoms with Crippen molar-refractivity contribution in [2.45, 2.75) is 242 Å². The molecule has 76 heavy (non-hydrogen) atoms. The van der Waals surface area contributed by atoms with Crippen molar-refractivity contribution in [3.8, 4) is 0 Å². The summed E-state index contributed by atoms with van der Waals surface area (Å²) in [6.07, 6.45) is 49.6. The number of rotatable bonds is 43. The molecule has 0 spiro atoms. The normalized spacial score (nSPS) is 25.8. The Hall–Kier alpha value is -3.61. The standard InChI is InChI=1S/C62H101NO13/c1-3-5-7-9-11-12-13-14-15-16-17-18-19-20-21-22-23-24-25-26-27-28-29-30-31-32-33-34-35-36-37-38-40-42-44-46-54(67)63-50(51(66)45-43-41-39-10-8-6-4-2)49-73-61-59(72)57(70)60(53(48-65)75-61)76-62-58(71)56(69)55(68)52(47-64)74-62/h5,7,11-12,14-15,17-18,20-21,23-24,26-27,29-30,32-33,35-36,50-53,55-62,64-66,68-72H,3-4,6,8-10,13,16,19,22,25,28,31,34,37-49H2,1-2H3,(H,63,67)/b7-5-,12-11-,15-14-,18-17-,21-20-,24-23-,27-26-,30-29-,33-32-,36-35-. The average molecular weight is 1070 g/mol. The summed E-state index contributed by atoms with van der Waals surface area (Å²) in [5, 5.41) is 86.7. The van der Waals surface area contributed by atoms with Gasteiger partial charge < -0.3 is 65.1 Å². The van der Waals surface area contributed by atoms with E-state index in [4.69, 9.17) is 18.9 Å². The maximum atomic E-state index is 13.2. The molecular formula is C62H101NO13. The van der Waals surface area contributed by atoms with Crippen LogP contribution in [0.4, 0.5) is 0 Å². The van der Waals surface area contributed by atoms with Crippen LogP contribution >= 0.6 is 0 Å². The topological polar surface area (TPSA) is 228 Å². The first-order valence-electron chi connectivity index (χ1n) is 28.8. The lowest BCUT2D eigenvalue weighted by molar-refractivity contribution is -0.359. The molecule has 0 saturated carbocycles. The van der Waals surface area contributed by atoms with Crippen LogP contribution in [0.15, 0.2) is 122 Å². The lowest BCUT2D eigenvalue weighted by atomic mass is 9.97. The molecule has 0 radical (unpaired) electrons. The van der Waals surface area contributed by atoms with E-state index in [2.05, 4.69) is 141 Å². The number of ether oxygens (including phenoxy) is 4. The Morgan fingerprint density at radius 1 is 0.487 bits per heavy atom. The highest BCUT2D eigenvalue weighted by Crippen LogP contribution is 2.30. The minimum absolute atomic E-state index is 0.242. The second kappa shape index (κ2) is 46.3. The summed E-state index contributed by atoms with van der Waals surface area (Å²) >= 11 is 0. The molecule has 2 aliphatic rings. The van der Waals surface area contributed by atoms with Crippen LogP contribution < -0.4 is 5.32 Å². The third-order valence-electron chi connectivity index (χ3n) is 13.2. The molecule has 0 aliphatic carbocycles. The zero-order valence-corrected chi connectivity index (χ0v) is 46.2. The minimum Gasteiger partial charge on any atom is -0.394 e. The van der Waals surface area contributed by atoms with Gasteiger partial charge in [-0.1, -0.05) is 193 Å². The van der Waals surface area contributed by atoms with Crippen molar-refractivity contribution in [1.82, 2.24) is 5.32 Å². The van der Waals surface area contributed by atoms with Gasteiger partial charge in [0.1, 0.15) is 48.8 Å². The molecule has 12 atom stereocenters. The SMILES string of the molecule is CC/C=C\C/C=C\C/C=C\C/C=C\C/C=C\C/C=C\C/C=C\C/C=C\C/C=C\C/C=C\CCCCCCC(=O)NC(COC1OC(CO)C(OC2OC(CO)C(O)C(O)C2O)C(O)C1O)C(O)CCCCCCCCC. The van der Waals surface area contributed by atoms with E-state index < -0.39 is 86.8 Å². The van der Waals surface area contributed by atoms with Crippen molar-refractivity contribution >= 4 is 5.91 Å². The number of amides is 1. The smallest absolute Gasteiger partial charge is 0.220 e. The van der Waals surface area contributed by atoms with Crippen LogP contribution in [-0.4, -0.2) is 140 Å². The molecule has 0 aromatic carbocycles. The van der Waals surface area contributed by atoms with Crippen LogP contribution in [0.3, 0.4) is 0 Å². The van der Waals surface area contributed by atoms with Crippen molar-refractivity contribution in [2.24, 2.45) is 0 Å². The molecule has 2 fully saturated rings. The third-order valence-corrected chi connectivity index (χ3v) is 13.2. The molecule has 1 amide bonds. The van der Waals surface area contributed by atoms with Crippen LogP contribution in [0.5, 0.6) is 0 Å². The number of unbranched alkanes of at least 4 members (excludes halogenated alkanes) is 10. The Morgan fingerprint density at radius 2 is 0.908 bits per heavy atom. The number of hydrogen-bond donors (Lipinski definition) is 9. The average Bonchev–Trinajstić information content (AvgIpc) is 3.42. The number of aliphatic hydroxyl groups is 8. The number of allylic oxidation sites excluding steroid dienone is 20. The highest BCUT2D eigenvalue weighted by atomic mass is 16.7. The first kappa shape index (κ1) is 68.5. The van der Waals surface area contributed by atoms with E-state index in [1.54, 1.807) is 0 Å². The largest absolute Gasteiger partial charge is 0.394 e. The van der Waals surface area contributed by atoms with Gasteiger partial charge in [-0.2, -0.15) is 0 Å². The van der Waals surface area contributed by atoms with Crippen LogP contribution in [0.25, 0.3) is 0 Å². The fraction of sp³-hybridized carbons (Fsp3) is 0.661. The summed E-state index contributed by atoms with van der Waals surface area (Å²) in [4.78, 5) is 13.2. The summed E-state index contributed by atoms with van der Waals surface area (Å²) in [5.41, 5.74) is 0. The van der Waals surface area contributed by atoms with Crippen molar-refractivity contribution < 1.29 is 64.6 Å². The quantitative estimate of drug-likeness (QED) is 0.0205.